The molecule has 0 spiro atoms. The molecule has 3 rings (SSSR count). The summed E-state index contributed by atoms with van der Waals surface area (Å²) in [4.78, 5) is 27.5. The third kappa shape index (κ3) is 4.76. The molecule has 1 amide bonds. The molecule has 0 atom stereocenters. The highest BCUT2D eigenvalue weighted by Gasteiger charge is 2.18. The second kappa shape index (κ2) is 7.98. The van der Waals surface area contributed by atoms with Crippen LogP contribution in [0.25, 0.3) is 21.9 Å². The Bertz CT molecular complexity index is 1170. The molecular formula is C22H20ClN3O3. The van der Waals surface area contributed by atoms with Crippen molar-refractivity contribution in [2.45, 2.75) is 32.9 Å². The summed E-state index contributed by atoms with van der Waals surface area (Å²) < 4.78 is 5.27. The van der Waals surface area contributed by atoms with Gasteiger partial charge < -0.3 is 15.0 Å². The molecule has 6 nitrogen and oxygen atoms in total. The fourth-order valence-corrected chi connectivity index (χ4v) is 3.13. The van der Waals surface area contributed by atoms with E-state index in [1.165, 1.54) is 0 Å². The molecule has 0 aliphatic carbocycles. The van der Waals surface area contributed by atoms with E-state index in [0.717, 1.165) is 5.56 Å². The molecule has 0 bridgehead atoms. The van der Waals surface area contributed by atoms with Gasteiger partial charge in [-0.3, -0.25) is 4.79 Å². The number of carbonyl (C=O) groups is 1. The van der Waals surface area contributed by atoms with E-state index in [2.05, 4.69) is 16.4 Å². The maximum atomic E-state index is 12.6. The van der Waals surface area contributed by atoms with Gasteiger partial charge in [0.15, 0.2) is 0 Å². The monoisotopic (exact) mass is 409 g/mol. The van der Waals surface area contributed by atoms with Crippen molar-refractivity contribution in [3.8, 4) is 17.2 Å². The molecule has 2 aromatic carbocycles. The lowest BCUT2D eigenvalue weighted by atomic mass is 9.96. The number of pyridine rings is 1. The molecule has 0 radical (unpaired) electrons. The molecule has 148 valence electrons. The number of nitriles is 1. The first-order valence-electron chi connectivity index (χ1n) is 9.00. The standard InChI is InChI=1S/C22H20ClN3O3/c1-22(2,3)29-21(28)25-12-18-19(14-5-7-15(23)8-6-14)17-10-13(11-24)4-9-16(17)20(27)26-18/h4-10H,12H2,1-3H3,(H,25,28)(H,26,27). The number of hydrogen-bond donors (Lipinski definition) is 2. The lowest BCUT2D eigenvalue weighted by molar-refractivity contribution is 0.0523. The highest BCUT2D eigenvalue weighted by atomic mass is 35.5. The van der Waals surface area contributed by atoms with E-state index in [1.54, 1.807) is 51.1 Å². The van der Waals surface area contributed by atoms with Gasteiger partial charge in [-0.25, -0.2) is 4.79 Å². The fraction of sp³-hybridized carbons (Fsp3) is 0.227. The van der Waals surface area contributed by atoms with Crippen LogP contribution >= 0.6 is 11.6 Å². The summed E-state index contributed by atoms with van der Waals surface area (Å²) in [5.41, 5.74) is 1.51. The van der Waals surface area contributed by atoms with Crippen molar-refractivity contribution in [2.24, 2.45) is 0 Å². The molecule has 2 N–H and O–H groups in total. The van der Waals surface area contributed by atoms with Crippen LogP contribution in [0.4, 0.5) is 4.79 Å². The third-order valence-corrected chi connectivity index (χ3v) is 4.42. The second-order valence-electron chi connectivity index (χ2n) is 7.54. The molecule has 0 aliphatic rings. The Morgan fingerprint density at radius 1 is 1.17 bits per heavy atom. The number of amides is 1. The molecule has 0 saturated heterocycles. The van der Waals surface area contributed by atoms with Crippen LogP contribution in [0.5, 0.6) is 0 Å². The molecular weight excluding hydrogens is 390 g/mol. The minimum atomic E-state index is -0.637. The van der Waals surface area contributed by atoms with Crippen LogP contribution in [-0.4, -0.2) is 16.7 Å². The van der Waals surface area contributed by atoms with Crippen LogP contribution in [0.2, 0.25) is 5.02 Å². The Labute approximate surface area is 173 Å². The van der Waals surface area contributed by atoms with Gasteiger partial charge in [-0.15, -0.1) is 0 Å². The third-order valence-electron chi connectivity index (χ3n) is 4.17. The molecule has 3 aromatic rings. The summed E-state index contributed by atoms with van der Waals surface area (Å²) in [5.74, 6) is 0. The predicted molar refractivity (Wildman–Crippen MR) is 113 cm³/mol. The van der Waals surface area contributed by atoms with Crippen LogP contribution in [0.1, 0.15) is 32.0 Å². The molecule has 0 unspecified atom stereocenters. The fourth-order valence-electron chi connectivity index (χ4n) is 3.00. The first kappa shape index (κ1) is 20.4. The zero-order chi connectivity index (χ0) is 21.2. The maximum absolute atomic E-state index is 12.6. The quantitative estimate of drug-likeness (QED) is 0.652. The van der Waals surface area contributed by atoms with Crippen molar-refractivity contribution in [3.63, 3.8) is 0 Å². The van der Waals surface area contributed by atoms with Gasteiger partial charge >= 0.3 is 6.09 Å². The van der Waals surface area contributed by atoms with Crippen molar-refractivity contribution >= 4 is 28.5 Å². The van der Waals surface area contributed by atoms with Crippen molar-refractivity contribution in [1.82, 2.24) is 10.3 Å². The highest BCUT2D eigenvalue weighted by Crippen LogP contribution is 2.31. The number of ether oxygens (including phenoxy) is 1. The van der Waals surface area contributed by atoms with Crippen molar-refractivity contribution in [3.05, 3.63) is 69.1 Å². The molecule has 0 fully saturated rings. The second-order valence-corrected chi connectivity index (χ2v) is 7.98. The zero-order valence-electron chi connectivity index (χ0n) is 16.3. The SMILES string of the molecule is CC(C)(C)OC(=O)NCc1[nH]c(=O)c2ccc(C#N)cc2c1-c1ccc(Cl)cc1. The number of H-pyrrole nitrogens is 1. The van der Waals surface area contributed by atoms with E-state index in [1.807, 2.05) is 12.1 Å². The minimum Gasteiger partial charge on any atom is -0.444 e. The zero-order valence-corrected chi connectivity index (χ0v) is 17.1. The molecule has 1 heterocycles. The van der Waals surface area contributed by atoms with Crippen molar-refractivity contribution in [2.75, 3.05) is 0 Å². The van der Waals surface area contributed by atoms with E-state index >= 15 is 0 Å². The van der Waals surface area contributed by atoms with Gasteiger partial charge in [-0.2, -0.15) is 5.26 Å². The number of fused-ring (bicyclic) bond motifs is 1. The minimum absolute atomic E-state index is 0.0504. The average molecular weight is 410 g/mol. The van der Waals surface area contributed by atoms with Gasteiger partial charge in [0, 0.05) is 21.7 Å². The van der Waals surface area contributed by atoms with Gasteiger partial charge in [-0.05, 0) is 62.1 Å². The number of nitrogens with zero attached hydrogens (tertiary/aromatic N) is 1. The van der Waals surface area contributed by atoms with Gasteiger partial charge in [0.1, 0.15) is 5.60 Å². The van der Waals surface area contributed by atoms with Crippen molar-refractivity contribution < 1.29 is 9.53 Å². The smallest absolute Gasteiger partial charge is 0.407 e. The van der Waals surface area contributed by atoms with Crippen LogP contribution in [0, 0.1) is 11.3 Å². The maximum Gasteiger partial charge on any atom is 0.407 e. The Morgan fingerprint density at radius 3 is 2.48 bits per heavy atom. The highest BCUT2D eigenvalue weighted by molar-refractivity contribution is 6.30. The summed E-state index contributed by atoms with van der Waals surface area (Å²) in [6.07, 6.45) is -0.591. The van der Waals surface area contributed by atoms with Crippen LogP contribution in [0.15, 0.2) is 47.3 Å². The Kier molecular flexibility index (Phi) is 5.62. The topological polar surface area (TPSA) is 95.0 Å². The number of carbonyl (C=O) groups excluding carboxylic acids is 1. The van der Waals surface area contributed by atoms with E-state index in [4.69, 9.17) is 16.3 Å². The number of alkyl carbamates (subject to hydrolysis) is 1. The van der Waals surface area contributed by atoms with E-state index in [-0.39, 0.29) is 12.1 Å². The Morgan fingerprint density at radius 2 is 1.86 bits per heavy atom. The number of benzene rings is 2. The Balaban J connectivity index is 2.14. The Hall–Kier alpha value is -3.30. The largest absolute Gasteiger partial charge is 0.444 e. The molecule has 7 heteroatoms. The summed E-state index contributed by atoms with van der Waals surface area (Å²) in [7, 11) is 0. The first-order chi connectivity index (χ1) is 13.7. The molecule has 0 saturated carbocycles. The van der Waals surface area contributed by atoms with E-state index in [0.29, 0.717) is 32.6 Å². The lowest BCUT2D eigenvalue weighted by Gasteiger charge is -2.20. The van der Waals surface area contributed by atoms with Gasteiger partial charge in [-0.1, -0.05) is 23.7 Å². The number of aromatic nitrogens is 1. The number of hydrogen-bond acceptors (Lipinski definition) is 4. The summed E-state index contributed by atoms with van der Waals surface area (Å²) >= 11 is 6.02. The first-order valence-corrected chi connectivity index (χ1v) is 9.37. The van der Waals surface area contributed by atoms with Crippen LogP contribution < -0.4 is 10.9 Å². The van der Waals surface area contributed by atoms with Crippen molar-refractivity contribution in [1.29, 1.82) is 5.26 Å². The summed E-state index contributed by atoms with van der Waals surface area (Å²) in [5, 5.41) is 13.6. The van der Waals surface area contributed by atoms with Gasteiger partial charge in [0.05, 0.1) is 18.2 Å². The number of halogens is 1. The predicted octanol–water partition coefficient (Wildman–Crippen LogP) is 4.74. The summed E-state index contributed by atoms with van der Waals surface area (Å²) in [6, 6.07) is 14.1. The van der Waals surface area contributed by atoms with Gasteiger partial charge in [0.25, 0.3) is 5.56 Å². The van der Waals surface area contributed by atoms with Crippen LogP contribution in [0.3, 0.4) is 0 Å². The normalized spacial score (nSPS) is 11.1. The van der Waals surface area contributed by atoms with E-state index < -0.39 is 11.7 Å². The number of rotatable bonds is 3. The summed E-state index contributed by atoms with van der Waals surface area (Å²) in [6.45, 7) is 5.36. The van der Waals surface area contributed by atoms with E-state index in [9.17, 15) is 14.9 Å². The average Bonchev–Trinajstić information content (AvgIpc) is 2.65. The number of aromatic amines is 1. The van der Waals surface area contributed by atoms with Gasteiger partial charge in [0.2, 0.25) is 0 Å². The van der Waals surface area contributed by atoms with Crippen LogP contribution in [-0.2, 0) is 11.3 Å². The molecule has 29 heavy (non-hydrogen) atoms. The lowest BCUT2D eigenvalue weighted by Crippen LogP contribution is -2.32. The molecule has 1 aromatic heterocycles. The molecule has 0 aliphatic heterocycles. The number of nitrogens with one attached hydrogen (secondary N) is 2.